The third-order valence-electron chi connectivity index (χ3n) is 6.75. The summed E-state index contributed by atoms with van der Waals surface area (Å²) >= 11 is 1.27. The van der Waals surface area contributed by atoms with Crippen molar-refractivity contribution in [2.24, 2.45) is 0 Å². The largest absolute Gasteiger partial charge is 0.506 e. The van der Waals surface area contributed by atoms with Gasteiger partial charge < -0.3 is 20.3 Å². The maximum atomic E-state index is 12.9. The lowest BCUT2D eigenvalue weighted by Gasteiger charge is -2.14. The average molecular weight is 546 g/mol. The highest BCUT2D eigenvalue weighted by molar-refractivity contribution is 7.99. The van der Waals surface area contributed by atoms with Gasteiger partial charge in [-0.1, -0.05) is 115 Å². The van der Waals surface area contributed by atoms with Crippen LogP contribution >= 0.6 is 11.8 Å². The maximum Gasteiger partial charge on any atom is 0.313 e. The van der Waals surface area contributed by atoms with Gasteiger partial charge in [-0.05, 0) is 12.5 Å². The van der Waals surface area contributed by atoms with Crippen molar-refractivity contribution >= 4 is 34.4 Å². The number of rotatable bonds is 22. The Kier molecular flexibility index (Phi) is 16.4. The number of amides is 1. The van der Waals surface area contributed by atoms with E-state index in [0.29, 0.717) is 30.0 Å². The van der Waals surface area contributed by atoms with Gasteiger partial charge >= 0.3 is 5.97 Å². The third kappa shape index (κ3) is 12.4. The number of aromatic hydroxyl groups is 1. The minimum atomic E-state index is -0.858. The minimum Gasteiger partial charge on any atom is -0.506 e. The Bertz CT molecular complexity index is 965. The zero-order chi connectivity index (χ0) is 27.4. The summed E-state index contributed by atoms with van der Waals surface area (Å²) < 4.78 is 5.87. The first-order valence-corrected chi connectivity index (χ1v) is 15.6. The number of aliphatic carboxylic acids is 1. The van der Waals surface area contributed by atoms with Gasteiger partial charge in [-0.2, -0.15) is 0 Å². The van der Waals surface area contributed by atoms with E-state index < -0.39 is 5.97 Å². The molecule has 2 aromatic carbocycles. The van der Waals surface area contributed by atoms with Crippen molar-refractivity contribution in [3.63, 3.8) is 0 Å². The molecule has 0 aliphatic heterocycles. The molecule has 0 aliphatic carbocycles. The van der Waals surface area contributed by atoms with Crippen LogP contribution in [0.25, 0.3) is 10.8 Å². The van der Waals surface area contributed by atoms with Crippen LogP contribution in [-0.2, 0) is 4.79 Å². The number of carbonyl (C=O) groups is 2. The highest BCUT2D eigenvalue weighted by Crippen LogP contribution is 2.36. The van der Waals surface area contributed by atoms with Crippen molar-refractivity contribution in [3.05, 3.63) is 35.9 Å². The second-order valence-electron chi connectivity index (χ2n) is 9.96. The lowest BCUT2D eigenvalue weighted by Crippen LogP contribution is -2.24. The fourth-order valence-electron chi connectivity index (χ4n) is 4.61. The number of carboxylic acids is 1. The van der Waals surface area contributed by atoms with E-state index in [1.165, 1.54) is 88.8 Å². The van der Waals surface area contributed by atoms with Gasteiger partial charge in [0.15, 0.2) is 0 Å². The minimum absolute atomic E-state index is 0.0204. The molecule has 0 spiro atoms. The first-order chi connectivity index (χ1) is 18.5. The summed E-state index contributed by atoms with van der Waals surface area (Å²) in [6.07, 6.45) is 18.1. The lowest BCUT2D eigenvalue weighted by atomic mass is 10.0. The summed E-state index contributed by atoms with van der Waals surface area (Å²) in [5, 5.41) is 23.7. The Morgan fingerprint density at radius 1 is 0.842 bits per heavy atom. The molecule has 3 N–H and O–H groups in total. The molecule has 7 heteroatoms. The number of fused-ring (bicyclic) bond motifs is 1. The van der Waals surface area contributed by atoms with Gasteiger partial charge in [0.25, 0.3) is 5.91 Å². The summed E-state index contributed by atoms with van der Waals surface area (Å²) in [6, 6.07) is 8.85. The molecule has 212 valence electrons. The number of phenolic OH excluding ortho intramolecular Hbond substituents is 1. The van der Waals surface area contributed by atoms with Crippen LogP contribution in [-0.4, -0.2) is 46.7 Å². The fraction of sp³-hybridized carbons (Fsp3) is 0.613. The lowest BCUT2D eigenvalue weighted by molar-refractivity contribution is -0.133. The molecule has 0 atom stereocenters. The van der Waals surface area contributed by atoms with Gasteiger partial charge in [0.1, 0.15) is 11.5 Å². The number of benzene rings is 2. The topological polar surface area (TPSA) is 95.9 Å². The number of carboxylic acid groups (broad SMARTS) is 1. The normalized spacial score (nSPS) is 11.1. The second kappa shape index (κ2) is 19.6. The molecule has 0 aromatic heterocycles. The number of unbranched alkanes of at least 4 members (excludes halogenated alkanes) is 13. The van der Waals surface area contributed by atoms with Gasteiger partial charge in [0.2, 0.25) is 0 Å². The summed E-state index contributed by atoms with van der Waals surface area (Å²) in [7, 11) is 0. The molecule has 0 saturated heterocycles. The third-order valence-corrected chi connectivity index (χ3v) is 7.66. The van der Waals surface area contributed by atoms with E-state index in [2.05, 4.69) is 12.2 Å². The molecular weight excluding hydrogens is 498 g/mol. The molecular formula is C31H47NO5S. The van der Waals surface area contributed by atoms with Crippen LogP contribution in [0.15, 0.2) is 30.3 Å². The van der Waals surface area contributed by atoms with Crippen molar-refractivity contribution < 1.29 is 24.5 Å². The van der Waals surface area contributed by atoms with E-state index in [1.54, 1.807) is 12.1 Å². The average Bonchev–Trinajstić information content (AvgIpc) is 2.91. The van der Waals surface area contributed by atoms with Gasteiger partial charge in [-0.25, -0.2) is 0 Å². The number of hydrogen-bond donors (Lipinski definition) is 3. The van der Waals surface area contributed by atoms with Crippen molar-refractivity contribution in [3.8, 4) is 11.5 Å². The SMILES string of the molecule is CCCCCCCCCCCCCCCCNC(=O)c1cc(OCCSCC(=O)O)c2ccccc2c1O. The summed E-state index contributed by atoms with van der Waals surface area (Å²) in [4.78, 5) is 23.5. The van der Waals surface area contributed by atoms with Gasteiger partial charge in [-0.3, -0.25) is 9.59 Å². The van der Waals surface area contributed by atoms with Crippen LogP contribution in [0.5, 0.6) is 11.5 Å². The zero-order valence-corrected chi connectivity index (χ0v) is 24.0. The van der Waals surface area contributed by atoms with Gasteiger partial charge in [-0.15, -0.1) is 11.8 Å². The maximum absolute atomic E-state index is 12.9. The number of carbonyl (C=O) groups excluding carboxylic acids is 1. The summed E-state index contributed by atoms with van der Waals surface area (Å²) in [5.41, 5.74) is 0.197. The van der Waals surface area contributed by atoms with Gasteiger partial charge in [0.05, 0.1) is 17.9 Å². The second-order valence-corrected chi connectivity index (χ2v) is 11.1. The monoisotopic (exact) mass is 545 g/mol. The number of hydrogen-bond acceptors (Lipinski definition) is 5. The van der Waals surface area contributed by atoms with E-state index in [9.17, 15) is 14.7 Å². The quantitative estimate of drug-likeness (QED) is 0.130. The number of ether oxygens (including phenoxy) is 1. The molecule has 6 nitrogen and oxygen atoms in total. The Labute approximate surface area is 232 Å². The van der Waals surface area contributed by atoms with E-state index in [1.807, 2.05) is 18.2 Å². The molecule has 2 rings (SSSR count). The van der Waals surface area contributed by atoms with Crippen LogP contribution in [0, 0.1) is 0 Å². The first kappa shape index (κ1) is 31.8. The first-order valence-electron chi connectivity index (χ1n) is 14.5. The van der Waals surface area contributed by atoms with E-state index in [4.69, 9.17) is 9.84 Å². The Balaban J connectivity index is 1.67. The summed E-state index contributed by atoms with van der Waals surface area (Å²) in [6.45, 7) is 3.15. The van der Waals surface area contributed by atoms with Crippen LogP contribution < -0.4 is 10.1 Å². The van der Waals surface area contributed by atoms with Crippen molar-refractivity contribution in [1.29, 1.82) is 0 Å². The van der Waals surface area contributed by atoms with Crippen LogP contribution in [0.2, 0.25) is 0 Å². The number of nitrogens with one attached hydrogen (secondary N) is 1. The zero-order valence-electron chi connectivity index (χ0n) is 23.1. The number of thioether (sulfide) groups is 1. The Morgan fingerprint density at radius 3 is 1.97 bits per heavy atom. The molecule has 0 heterocycles. The van der Waals surface area contributed by atoms with Crippen molar-refractivity contribution in [1.82, 2.24) is 5.32 Å². The standard InChI is InChI=1S/C31H47NO5S/c1-2-3-4-5-6-7-8-9-10-11-12-13-14-17-20-32-31(36)27-23-28(37-21-22-38-24-29(33)34)25-18-15-16-19-26(25)30(27)35/h15-16,18-19,23,35H,2-14,17,20-22,24H2,1H3,(H,32,36)(H,33,34). The highest BCUT2D eigenvalue weighted by atomic mass is 32.2. The van der Waals surface area contributed by atoms with E-state index in [-0.39, 0.29) is 23.0 Å². The van der Waals surface area contributed by atoms with Crippen LogP contribution in [0.4, 0.5) is 0 Å². The molecule has 38 heavy (non-hydrogen) atoms. The van der Waals surface area contributed by atoms with Crippen LogP contribution in [0.3, 0.4) is 0 Å². The molecule has 2 aromatic rings. The smallest absolute Gasteiger partial charge is 0.313 e. The highest BCUT2D eigenvalue weighted by Gasteiger charge is 2.17. The van der Waals surface area contributed by atoms with Gasteiger partial charge in [0, 0.05) is 23.1 Å². The predicted molar refractivity (Wildman–Crippen MR) is 159 cm³/mol. The van der Waals surface area contributed by atoms with E-state index >= 15 is 0 Å². The molecule has 0 saturated carbocycles. The molecule has 0 bridgehead atoms. The molecule has 0 aliphatic rings. The van der Waals surface area contributed by atoms with E-state index in [0.717, 1.165) is 18.2 Å². The van der Waals surface area contributed by atoms with Crippen molar-refractivity contribution in [2.75, 3.05) is 24.7 Å². The number of phenols is 1. The molecule has 0 unspecified atom stereocenters. The molecule has 1 amide bonds. The summed E-state index contributed by atoms with van der Waals surface area (Å²) in [5.74, 6) is -0.173. The Morgan fingerprint density at radius 2 is 1.39 bits per heavy atom. The molecule has 0 fully saturated rings. The molecule has 0 radical (unpaired) electrons. The van der Waals surface area contributed by atoms with Crippen molar-refractivity contribution in [2.45, 2.75) is 96.8 Å². The predicted octanol–water partition coefficient (Wildman–Crippen LogP) is 7.95. The Hall–Kier alpha value is -2.41. The van der Waals surface area contributed by atoms with Crippen LogP contribution in [0.1, 0.15) is 107 Å². The fourth-order valence-corrected chi connectivity index (χ4v) is 5.13.